The molecule has 2 heteroatoms. The number of hydrogen-bond donors (Lipinski definition) is 1. The zero-order valence-corrected chi connectivity index (χ0v) is 12.8. The second-order valence-electron chi connectivity index (χ2n) is 5.93. The van der Waals surface area contributed by atoms with Crippen LogP contribution in [0.3, 0.4) is 0 Å². The van der Waals surface area contributed by atoms with E-state index < -0.39 is 0 Å². The number of hydrogen-bond acceptors (Lipinski definition) is 2. The topological polar surface area (TPSA) is 21.3 Å². The van der Waals surface area contributed by atoms with Gasteiger partial charge in [-0.25, -0.2) is 0 Å². The highest BCUT2D eigenvalue weighted by atomic mass is 16.5. The molecular formula is C17H27NO. The summed E-state index contributed by atoms with van der Waals surface area (Å²) in [5, 5.41) is 3.66. The maximum absolute atomic E-state index is 6.02. The Bertz CT molecular complexity index is 400. The maximum atomic E-state index is 6.02. The molecule has 0 amide bonds. The minimum absolute atomic E-state index is 0.315. The molecule has 0 saturated carbocycles. The van der Waals surface area contributed by atoms with Crippen molar-refractivity contribution in [2.45, 2.75) is 52.9 Å². The number of benzene rings is 1. The lowest BCUT2D eigenvalue weighted by Gasteiger charge is -2.30. The Morgan fingerprint density at radius 3 is 2.21 bits per heavy atom. The Labute approximate surface area is 117 Å². The predicted octanol–water partition coefficient (Wildman–Crippen LogP) is 3.71. The SMILES string of the molecule is CCNC(c1ccc(C)cc1)C1C(C)OC(C)C1C. The van der Waals surface area contributed by atoms with Crippen LogP contribution in [0.1, 0.15) is 44.9 Å². The van der Waals surface area contributed by atoms with Crippen molar-refractivity contribution in [3.63, 3.8) is 0 Å². The summed E-state index contributed by atoms with van der Waals surface area (Å²) in [6, 6.07) is 9.30. The van der Waals surface area contributed by atoms with Crippen molar-refractivity contribution in [1.82, 2.24) is 5.32 Å². The van der Waals surface area contributed by atoms with Gasteiger partial charge in [0.1, 0.15) is 0 Å². The summed E-state index contributed by atoms with van der Waals surface area (Å²) in [5.74, 6) is 1.12. The average Bonchev–Trinajstić information content (AvgIpc) is 2.62. The van der Waals surface area contributed by atoms with Crippen LogP contribution in [0.4, 0.5) is 0 Å². The van der Waals surface area contributed by atoms with Gasteiger partial charge in [-0.2, -0.15) is 0 Å². The highest BCUT2D eigenvalue weighted by molar-refractivity contribution is 5.25. The van der Waals surface area contributed by atoms with E-state index in [0.29, 0.717) is 30.1 Å². The first kappa shape index (κ1) is 14.5. The molecule has 2 rings (SSSR count). The lowest BCUT2D eigenvalue weighted by molar-refractivity contribution is 0.0476. The minimum Gasteiger partial charge on any atom is -0.375 e. The number of ether oxygens (including phenoxy) is 1. The Hall–Kier alpha value is -0.860. The fraction of sp³-hybridized carbons (Fsp3) is 0.647. The summed E-state index contributed by atoms with van der Waals surface area (Å²) >= 11 is 0. The van der Waals surface area contributed by atoms with Crippen LogP contribution in [0.25, 0.3) is 0 Å². The first-order chi connectivity index (χ1) is 9.04. The van der Waals surface area contributed by atoms with Gasteiger partial charge >= 0.3 is 0 Å². The molecule has 0 bridgehead atoms. The summed E-state index contributed by atoms with van der Waals surface area (Å²) in [5.41, 5.74) is 2.70. The van der Waals surface area contributed by atoms with Crippen molar-refractivity contribution >= 4 is 0 Å². The van der Waals surface area contributed by atoms with Crippen LogP contribution in [-0.2, 0) is 4.74 Å². The zero-order chi connectivity index (χ0) is 14.0. The van der Waals surface area contributed by atoms with E-state index in [4.69, 9.17) is 4.74 Å². The van der Waals surface area contributed by atoms with Crippen molar-refractivity contribution in [3.05, 3.63) is 35.4 Å². The molecule has 1 aromatic carbocycles. The lowest BCUT2D eigenvalue weighted by Crippen LogP contribution is -2.34. The molecule has 0 aliphatic carbocycles. The Morgan fingerprint density at radius 1 is 1.11 bits per heavy atom. The lowest BCUT2D eigenvalue weighted by atomic mass is 9.80. The van der Waals surface area contributed by atoms with Gasteiger partial charge in [0.05, 0.1) is 12.2 Å². The Kier molecular flexibility index (Phi) is 4.64. The fourth-order valence-electron chi connectivity index (χ4n) is 3.34. The molecule has 1 aliphatic heterocycles. The fourth-order valence-corrected chi connectivity index (χ4v) is 3.34. The van der Waals surface area contributed by atoms with Crippen molar-refractivity contribution < 1.29 is 4.74 Å². The van der Waals surface area contributed by atoms with Crippen LogP contribution in [0, 0.1) is 18.8 Å². The van der Waals surface area contributed by atoms with Crippen LogP contribution in [-0.4, -0.2) is 18.8 Å². The highest BCUT2D eigenvalue weighted by Gasteiger charge is 2.41. The quantitative estimate of drug-likeness (QED) is 0.892. The zero-order valence-electron chi connectivity index (χ0n) is 12.8. The smallest absolute Gasteiger partial charge is 0.0600 e. The molecule has 2 nitrogen and oxygen atoms in total. The number of aryl methyl sites for hydroxylation is 1. The number of rotatable bonds is 4. The van der Waals surface area contributed by atoms with Crippen LogP contribution in [0.15, 0.2) is 24.3 Å². The van der Waals surface area contributed by atoms with E-state index in [1.165, 1.54) is 11.1 Å². The largest absolute Gasteiger partial charge is 0.375 e. The van der Waals surface area contributed by atoms with Crippen LogP contribution >= 0.6 is 0 Å². The first-order valence-corrected chi connectivity index (χ1v) is 7.50. The van der Waals surface area contributed by atoms with Gasteiger partial charge in [-0.15, -0.1) is 0 Å². The molecule has 1 heterocycles. The third kappa shape index (κ3) is 3.01. The molecule has 1 fully saturated rings. The molecule has 1 aromatic rings. The summed E-state index contributed by atoms with van der Waals surface area (Å²) in [6.07, 6.45) is 0.668. The molecule has 1 saturated heterocycles. The van der Waals surface area contributed by atoms with Crippen LogP contribution in [0.2, 0.25) is 0 Å². The average molecular weight is 261 g/mol. The normalized spacial score (nSPS) is 32.5. The molecule has 0 spiro atoms. The van der Waals surface area contributed by atoms with E-state index in [-0.39, 0.29) is 0 Å². The van der Waals surface area contributed by atoms with Gasteiger partial charge in [-0.1, -0.05) is 43.7 Å². The predicted molar refractivity (Wildman–Crippen MR) is 80.3 cm³/mol. The summed E-state index contributed by atoms with van der Waals surface area (Å²) < 4.78 is 6.02. The van der Waals surface area contributed by atoms with Gasteiger partial charge < -0.3 is 10.1 Å². The van der Waals surface area contributed by atoms with Gasteiger partial charge in [0, 0.05) is 12.0 Å². The first-order valence-electron chi connectivity index (χ1n) is 7.50. The minimum atomic E-state index is 0.315. The summed E-state index contributed by atoms with van der Waals surface area (Å²) in [6.45, 7) is 12.0. The Morgan fingerprint density at radius 2 is 1.74 bits per heavy atom. The van der Waals surface area contributed by atoms with E-state index in [0.717, 1.165) is 6.54 Å². The second-order valence-corrected chi connectivity index (χ2v) is 5.93. The molecule has 5 atom stereocenters. The molecule has 106 valence electrons. The Balaban J connectivity index is 2.27. The van der Waals surface area contributed by atoms with Gasteiger partial charge in [-0.05, 0) is 38.8 Å². The van der Waals surface area contributed by atoms with Crippen molar-refractivity contribution in [2.75, 3.05) is 6.54 Å². The van der Waals surface area contributed by atoms with Crippen LogP contribution < -0.4 is 5.32 Å². The van der Waals surface area contributed by atoms with E-state index in [1.807, 2.05) is 0 Å². The van der Waals surface area contributed by atoms with Gasteiger partial charge in [-0.3, -0.25) is 0 Å². The van der Waals surface area contributed by atoms with Gasteiger partial charge in [0.2, 0.25) is 0 Å². The van der Waals surface area contributed by atoms with Gasteiger partial charge in [0.25, 0.3) is 0 Å². The van der Waals surface area contributed by atoms with E-state index >= 15 is 0 Å². The number of nitrogens with one attached hydrogen (secondary N) is 1. The van der Waals surface area contributed by atoms with E-state index in [9.17, 15) is 0 Å². The summed E-state index contributed by atoms with van der Waals surface area (Å²) in [7, 11) is 0. The molecular weight excluding hydrogens is 234 g/mol. The third-order valence-electron chi connectivity index (χ3n) is 4.56. The standard InChI is InChI=1S/C17H27NO/c1-6-18-17(15-9-7-11(2)8-10-15)16-12(3)13(4)19-14(16)5/h7-10,12-14,16-18H,6H2,1-5H3. The molecule has 19 heavy (non-hydrogen) atoms. The van der Waals surface area contributed by atoms with Crippen LogP contribution in [0.5, 0.6) is 0 Å². The van der Waals surface area contributed by atoms with Crippen molar-refractivity contribution in [2.24, 2.45) is 11.8 Å². The van der Waals surface area contributed by atoms with E-state index in [2.05, 4.69) is 64.2 Å². The summed E-state index contributed by atoms with van der Waals surface area (Å²) in [4.78, 5) is 0. The molecule has 1 aliphatic rings. The monoisotopic (exact) mass is 261 g/mol. The highest BCUT2D eigenvalue weighted by Crippen LogP contribution is 2.40. The third-order valence-corrected chi connectivity index (χ3v) is 4.56. The molecule has 5 unspecified atom stereocenters. The van der Waals surface area contributed by atoms with Crippen molar-refractivity contribution in [3.8, 4) is 0 Å². The molecule has 1 N–H and O–H groups in total. The van der Waals surface area contributed by atoms with E-state index in [1.54, 1.807) is 0 Å². The van der Waals surface area contributed by atoms with Gasteiger partial charge in [0.15, 0.2) is 0 Å². The maximum Gasteiger partial charge on any atom is 0.0600 e. The molecule has 0 radical (unpaired) electrons. The molecule has 0 aromatic heterocycles. The van der Waals surface area contributed by atoms with Crippen molar-refractivity contribution in [1.29, 1.82) is 0 Å². The second kappa shape index (κ2) is 6.06.